The Kier molecular flexibility index (Phi) is 3.12. The van der Waals surface area contributed by atoms with E-state index in [0.717, 1.165) is 24.8 Å². The summed E-state index contributed by atoms with van der Waals surface area (Å²) in [6.45, 7) is 0. The number of hydrogen-bond acceptors (Lipinski definition) is 3. The third kappa shape index (κ3) is 2.67. The predicted molar refractivity (Wildman–Crippen MR) is 71.3 cm³/mol. The van der Waals surface area contributed by atoms with Crippen molar-refractivity contribution in [2.45, 2.75) is 38.2 Å². The van der Waals surface area contributed by atoms with E-state index in [4.69, 9.17) is 0 Å². The lowest BCUT2D eigenvalue weighted by Gasteiger charge is -2.06. The van der Waals surface area contributed by atoms with Crippen LogP contribution >= 0.6 is 11.3 Å². The number of nitrogens with zero attached hydrogens (tertiary/aromatic N) is 1. The Bertz CT molecular complexity index is 471. The molecule has 0 amide bonds. The van der Waals surface area contributed by atoms with Crippen LogP contribution in [0.15, 0.2) is 24.3 Å². The zero-order valence-corrected chi connectivity index (χ0v) is 10.6. The van der Waals surface area contributed by atoms with E-state index in [2.05, 4.69) is 23.2 Å². The smallest absolute Gasteiger partial charge is 0.0938 e. The molecule has 1 atom stereocenters. The molecule has 1 aromatic carbocycles. The van der Waals surface area contributed by atoms with Gasteiger partial charge in [-0.1, -0.05) is 12.1 Å². The van der Waals surface area contributed by atoms with Crippen LogP contribution in [-0.2, 0) is 6.42 Å². The van der Waals surface area contributed by atoms with Gasteiger partial charge < -0.3 is 5.11 Å². The lowest BCUT2D eigenvalue weighted by atomic mass is 10.1. The summed E-state index contributed by atoms with van der Waals surface area (Å²) in [4.78, 5) is 4.61. The minimum Gasteiger partial charge on any atom is -0.393 e. The molecule has 1 N–H and O–H groups in total. The maximum atomic E-state index is 9.79. The van der Waals surface area contributed by atoms with E-state index in [9.17, 15) is 5.11 Å². The molecule has 1 aromatic heterocycles. The number of para-hydroxylation sites is 1. The van der Waals surface area contributed by atoms with Crippen LogP contribution in [0.5, 0.6) is 0 Å². The van der Waals surface area contributed by atoms with Crippen LogP contribution in [-0.4, -0.2) is 16.2 Å². The number of aryl methyl sites for hydroxylation is 1. The number of aromatic nitrogens is 1. The minimum atomic E-state index is -0.0654. The molecule has 1 saturated carbocycles. The second kappa shape index (κ2) is 4.75. The van der Waals surface area contributed by atoms with Crippen LogP contribution < -0.4 is 0 Å². The Labute approximate surface area is 105 Å². The Balaban J connectivity index is 1.57. The van der Waals surface area contributed by atoms with Gasteiger partial charge in [0.15, 0.2) is 0 Å². The fourth-order valence-corrected chi connectivity index (χ4v) is 3.22. The monoisotopic (exact) mass is 247 g/mol. The van der Waals surface area contributed by atoms with Crippen molar-refractivity contribution in [3.63, 3.8) is 0 Å². The fourth-order valence-electron chi connectivity index (χ4n) is 2.21. The van der Waals surface area contributed by atoms with Crippen molar-refractivity contribution >= 4 is 21.6 Å². The van der Waals surface area contributed by atoms with E-state index < -0.39 is 0 Å². The van der Waals surface area contributed by atoms with Crippen LogP contribution in [0.4, 0.5) is 0 Å². The maximum absolute atomic E-state index is 9.79. The first-order valence-corrected chi connectivity index (χ1v) is 7.17. The van der Waals surface area contributed by atoms with E-state index in [0.29, 0.717) is 5.92 Å². The molecule has 17 heavy (non-hydrogen) atoms. The van der Waals surface area contributed by atoms with Gasteiger partial charge in [0.1, 0.15) is 0 Å². The summed E-state index contributed by atoms with van der Waals surface area (Å²) in [7, 11) is 0. The Morgan fingerprint density at radius 3 is 2.94 bits per heavy atom. The molecule has 0 radical (unpaired) electrons. The molecule has 1 unspecified atom stereocenters. The van der Waals surface area contributed by atoms with Crippen molar-refractivity contribution in [1.82, 2.24) is 4.98 Å². The Hall–Kier alpha value is -0.930. The number of hydrogen-bond donors (Lipinski definition) is 1. The van der Waals surface area contributed by atoms with Gasteiger partial charge in [0.25, 0.3) is 0 Å². The zero-order chi connectivity index (χ0) is 11.7. The SMILES string of the molecule is OC(CCCc1nc2ccccc2s1)C1CC1. The summed E-state index contributed by atoms with van der Waals surface area (Å²) < 4.78 is 1.27. The summed E-state index contributed by atoms with van der Waals surface area (Å²) in [6, 6.07) is 8.27. The van der Waals surface area contributed by atoms with Crippen LogP contribution in [0.1, 0.15) is 30.7 Å². The van der Waals surface area contributed by atoms with Crippen molar-refractivity contribution in [2.24, 2.45) is 5.92 Å². The summed E-state index contributed by atoms with van der Waals surface area (Å²) in [5.74, 6) is 0.602. The molecule has 1 aliphatic rings. The van der Waals surface area contributed by atoms with Gasteiger partial charge >= 0.3 is 0 Å². The van der Waals surface area contributed by atoms with Crippen molar-refractivity contribution in [2.75, 3.05) is 0 Å². The number of benzene rings is 1. The highest BCUT2D eigenvalue weighted by atomic mass is 32.1. The third-order valence-electron chi connectivity index (χ3n) is 3.39. The zero-order valence-electron chi connectivity index (χ0n) is 9.80. The van der Waals surface area contributed by atoms with Gasteiger partial charge in [-0.15, -0.1) is 11.3 Å². The number of rotatable bonds is 5. The molecule has 90 valence electrons. The van der Waals surface area contributed by atoms with Gasteiger partial charge in [0.2, 0.25) is 0 Å². The lowest BCUT2D eigenvalue weighted by Crippen LogP contribution is -2.08. The standard InChI is InChI=1S/C14H17NOS/c16-12(10-8-9-10)5-3-7-14-15-11-4-1-2-6-13(11)17-14/h1-2,4,6,10,12,16H,3,5,7-9H2. The van der Waals surface area contributed by atoms with Gasteiger partial charge in [0, 0.05) is 0 Å². The van der Waals surface area contributed by atoms with E-state index in [1.807, 2.05) is 6.07 Å². The first-order valence-electron chi connectivity index (χ1n) is 6.35. The Morgan fingerprint density at radius 2 is 2.18 bits per heavy atom. The molecule has 3 heteroatoms. The van der Waals surface area contributed by atoms with E-state index in [1.165, 1.54) is 22.5 Å². The predicted octanol–water partition coefficient (Wildman–Crippen LogP) is 3.39. The van der Waals surface area contributed by atoms with E-state index in [-0.39, 0.29) is 6.10 Å². The third-order valence-corrected chi connectivity index (χ3v) is 4.49. The molecule has 2 aromatic rings. The van der Waals surface area contributed by atoms with E-state index >= 15 is 0 Å². The van der Waals surface area contributed by atoms with Gasteiger partial charge in [-0.2, -0.15) is 0 Å². The number of aliphatic hydroxyl groups excluding tert-OH is 1. The highest BCUT2D eigenvalue weighted by Crippen LogP contribution is 2.34. The molecule has 2 nitrogen and oxygen atoms in total. The van der Waals surface area contributed by atoms with Crippen molar-refractivity contribution in [3.8, 4) is 0 Å². The van der Waals surface area contributed by atoms with Crippen molar-refractivity contribution < 1.29 is 5.11 Å². The summed E-state index contributed by atoms with van der Waals surface area (Å²) in [5, 5.41) is 11.0. The summed E-state index contributed by atoms with van der Waals surface area (Å²) >= 11 is 1.78. The topological polar surface area (TPSA) is 33.1 Å². The molecule has 1 aliphatic carbocycles. The first kappa shape index (κ1) is 11.2. The first-order chi connectivity index (χ1) is 8.33. The average Bonchev–Trinajstić information content (AvgIpc) is 3.09. The van der Waals surface area contributed by atoms with Gasteiger partial charge in [0.05, 0.1) is 21.3 Å². The highest BCUT2D eigenvalue weighted by Gasteiger charge is 2.28. The highest BCUT2D eigenvalue weighted by molar-refractivity contribution is 7.18. The van der Waals surface area contributed by atoms with Gasteiger partial charge in [-0.25, -0.2) is 4.98 Å². The summed E-state index contributed by atoms with van der Waals surface area (Å²) in [6.07, 6.45) is 5.37. The average molecular weight is 247 g/mol. The molecule has 0 bridgehead atoms. The minimum absolute atomic E-state index is 0.0654. The van der Waals surface area contributed by atoms with Crippen molar-refractivity contribution in [3.05, 3.63) is 29.3 Å². The second-order valence-electron chi connectivity index (χ2n) is 4.87. The fraction of sp³-hybridized carbons (Fsp3) is 0.500. The molecular weight excluding hydrogens is 230 g/mol. The molecule has 1 fully saturated rings. The summed E-state index contributed by atoms with van der Waals surface area (Å²) in [5.41, 5.74) is 1.11. The van der Waals surface area contributed by atoms with Crippen LogP contribution in [0.3, 0.4) is 0 Å². The van der Waals surface area contributed by atoms with E-state index in [1.54, 1.807) is 11.3 Å². The second-order valence-corrected chi connectivity index (χ2v) is 5.99. The Morgan fingerprint density at radius 1 is 1.35 bits per heavy atom. The molecule has 0 spiro atoms. The molecule has 0 saturated heterocycles. The van der Waals surface area contributed by atoms with Crippen molar-refractivity contribution in [1.29, 1.82) is 0 Å². The lowest BCUT2D eigenvalue weighted by molar-refractivity contribution is 0.139. The number of fused-ring (bicyclic) bond motifs is 1. The molecule has 1 heterocycles. The van der Waals surface area contributed by atoms with Crippen LogP contribution in [0.25, 0.3) is 10.2 Å². The quantitative estimate of drug-likeness (QED) is 0.878. The molecule has 3 rings (SSSR count). The number of thiazole rings is 1. The van der Waals surface area contributed by atoms with Gasteiger partial charge in [-0.05, 0) is 50.2 Å². The normalized spacial score (nSPS) is 17.5. The molecule has 0 aliphatic heterocycles. The maximum Gasteiger partial charge on any atom is 0.0938 e. The van der Waals surface area contributed by atoms with Crippen LogP contribution in [0.2, 0.25) is 0 Å². The van der Waals surface area contributed by atoms with Crippen LogP contribution in [0, 0.1) is 5.92 Å². The van der Waals surface area contributed by atoms with Gasteiger partial charge in [-0.3, -0.25) is 0 Å². The largest absolute Gasteiger partial charge is 0.393 e. The number of aliphatic hydroxyl groups is 1. The molecular formula is C14H17NOS.